The van der Waals surface area contributed by atoms with Crippen LogP contribution in [0.1, 0.15) is 34.7 Å². The first-order valence-corrected chi connectivity index (χ1v) is 10.8. The second-order valence-corrected chi connectivity index (χ2v) is 8.44. The zero-order valence-corrected chi connectivity index (χ0v) is 17.9. The number of fused-ring (bicyclic) bond motifs is 1. The molecule has 1 unspecified atom stereocenters. The highest BCUT2D eigenvalue weighted by atomic mass is 35.5. The molecule has 1 aliphatic heterocycles. The van der Waals surface area contributed by atoms with Crippen LogP contribution >= 0.6 is 19.4 Å². The summed E-state index contributed by atoms with van der Waals surface area (Å²) in [6.07, 6.45) is 2.09. The van der Waals surface area contributed by atoms with E-state index in [1.807, 2.05) is 18.7 Å². The van der Waals surface area contributed by atoms with Crippen molar-refractivity contribution >= 4 is 31.2 Å². The van der Waals surface area contributed by atoms with Crippen LogP contribution in [0.4, 0.5) is 11.8 Å². The van der Waals surface area contributed by atoms with Gasteiger partial charge in [0.25, 0.3) is 0 Å². The summed E-state index contributed by atoms with van der Waals surface area (Å²) in [6, 6.07) is 0. The average Bonchev–Trinajstić information content (AvgIpc) is 2.94. The largest absolute Gasteiger partial charge is 0.496 e. The minimum absolute atomic E-state index is 0.0528. The number of rotatable bonds is 7. The van der Waals surface area contributed by atoms with E-state index in [-0.39, 0.29) is 23.6 Å². The van der Waals surface area contributed by atoms with E-state index in [0.717, 1.165) is 22.6 Å². The molecule has 12 heteroatoms. The molecule has 3 heterocycles. The molecular formula is C17H23ClN5O5P. The summed E-state index contributed by atoms with van der Waals surface area (Å²) in [5.74, 6) is 1.25. The molecule has 1 atom stereocenters. The maximum absolute atomic E-state index is 11.0. The first-order valence-electron chi connectivity index (χ1n) is 8.87. The molecule has 0 spiro atoms. The number of methoxy groups -OCH3 is 1. The molecule has 29 heavy (non-hydrogen) atoms. The first kappa shape index (κ1) is 21.7. The van der Waals surface area contributed by atoms with Crippen LogP contribution < -0.4 is 15.4 Å². The molecule has 158 valence electrons. The van der Waals surface area contributed by atoms with Crippen molar-refractivity contribution in [3.8, 4) is 5.75 Å². The lowest BCUT2D eigenvalue weighted by Crippen LogP contribution is -2.24. The second kappa shape index (κ2) is 8.41. The molecule has 0 amide bonds. The number of phosphoric acid groups is 1. The maximum atomic E-state index is 11.0. The van der Waals surface area contributed by atoms with Crippen LogP contribution in [0.2, 0.25) is 5.15 Å². The number of aromatic nitrogens is 3. The lowest BCUT2D eigenvalue weighted by atomic mass is 10.0. The van der Waals surface area contributed by atoms with Crippen LogP contribution in [0, 0.1) is 13.8 Å². The molecule has 0 saturated carbocycles. The fourth-order valence-corrected chi connectivity index (χ4v) is 4.25. The number of aryl methyl sites for hydroxylation is 1. The van der Waals surface area contributed by atoms with E-state index in [1.165, 1.54) is 0 Å². The summed E-state index contributed by atoms with van der Waals surface area (Å²) >= 11 is 6.32. The first-order chi connectivity index (χ1) is 13.6. The predicted molar refractivity (Wildman–Crippen MR) is 108 cm³/mol. The van der Waals surface area contributed by atoms with E-state index in [2.05, 4.69) is 19.5 Å². The molecule has 3 rings (SSSR count). The summed E-state index contributed by atoms with van der Waals surface area (Å²) in [5, 5.41) is 0.224. The Balaban J connectivity index is 1.89. The molecule has 0 bridgehead atoms. The van der Waals surface area contributed by atoms with Crippen LogP contribution in [-0.2, 0) is 15.6 Å². The minimum Gasteiger partial charge on any atom is -0.496 e. The van der Waals surface area contributed by atoms with Crippen molar-refractivity contribution in [3.63, 3.8) is 0 Å². The number of pyridine rings is 1. The topological polar surface area (TPSA) is 144 Å². The number of nitrogen functional groups attached to an aromatic ring is 1. The zero-order chi connectivity index (χ0) is 21.3. The van der Waals surface area contributed by atoms with Crippen LogP contribution in [0.3, 0.4) is 0 Å². The number of hydrogen-bond donors (Lipinski definition) is 3. The number of ether oxygens (including phenoxy) is 1. The highest BCUT2D eigenvalue weighted by Crippen LogP contribution is 2.43. The van der Waals surface area contributed by atoms with Gasteiger partial charge in [-0.1, -0.05) is 11.6 Å². The van der Waals surface area contributed by atoms with Crippen molar-refractivity contribution in [2.45, 2.75) is 32.7 Å². The molecule has 1 aliphatic rings. The molecule has 2 aromatic heterocycles. The third-order valence-corrected chi connectivity index (χ3v) is 5.67. The van der Waals surface area contributed by atoms with Crippen molar-refractivity contribution in [1.29, 1.82) is 0 Å². The van der Waals surface area contributed by atoms with E-state index in [4.69, 9.17) is 31.9 Å². The number of anilines is 2. The third kappa shape index (κ3) is 4.79. The minimum atomic E-state index is -4.54. The molecule has 0 saturated heterocycles. The predicted octanol–water partition coefficient (Wildman–Crippen LogP) is 2.34. The van der Waals surface area contributed by atoms with Gasteiger partial charge in [0, 0.05) is 35.3 Å². The van der Waals surface area contributed by atoms with Gasteiger partial charge in [-0.3, -0.25) is 9.51 Å². The molecule has 4 N–H and O–H groups in total. The standard InChI is InChI=1S/C17H23ClN5O5P/c1-9-6-20-12(10(2)14(9)27-3)8-23-7-11(4-5-28-29(24,25)26)13-15(18)21-17(19)22-16(13)23/h6,11H,4-5,7-8H2,1-3H3,(H2,19,21,22)(H2,24,25,26). The highest BCUT2D eigenvalue weighted by molar-refractivity contribution is 7.46. The van der Waals surface area contributed by atoms with Gasteiger partial charge >= 0.3 is 7.82 Å². The smallest absolute Gasteiger partial charge is 0.469 e. The number of phosphoric ester groups is 1. The Morgan fingerprint density at radius 3 is 2.76 bits per heavy atom. The van der Waals surface area contributed by atoms with E-state index in [1.54, 1.807) is 13.3 Å². The van der Waals surface area contributed by atoms with E-state index in [9.17, 15) is 4.57 Å². The lowest BCUT2D eigenvalue weighted by molar-refractivity contribution is 0.191. The molecular weight excluding hydrogens is 421 g/mol. The highest BCUT2D eigenvalue weighted by Gasteiger charge is 2.34. The van der Waals surface area contributed by atoms with Crippen molar-refractivity contribution in [2.24, 2.45) is 0 Å². The Hall–Kier alpha value is -1.97. The molecule has 10 nitrogen and oxygen atoms in total. The number of hydrogen-bond acceptors (Lipinski definition) is 8. The summed E-state index contributed by atoms with van der Waals surface area (Å²) in [5.41, 5.74) is 9.16. The van der Waals surface area contributed by atoms with Crippen LogP contribution in [0.25, 0.3) is 0 Å². The van der Waals surface area contributed by atoms with Gasteiger partial charge in [0.05, 0.1) is 26.0 Å². The maximum Gasteiger partial charge on any atom is 0.469 e. The van der Waals surface area contributed by atoms with Gasteiger partial charge in [-0.25, -0.2) is 9.55 Å². The number of nitrogens with zero attached hydrogens (tertiary/aromatic N) is 4. The molecule has 2 aromatic rings. The summed E-state index contributed by atoms with van der Waals surface area (Å²) in [4.78, 5) is 32.7. The van der Waals surface area contributed by atoms with Gasteiger partial charge in [-0.2, -0.15) is 4.98 Å². The SMILES string of the molecule is COc1c(C)cnc(CN2CC(CCOP(=O)(O)O)c3c(Cl)nc(N)nc32)c1C. The molecule has 0 aromatic carbocycles. The quantitative estimate of drug-likeness (QED) is 0.430. The summed E-state index contributed by atoms with van der Waals surface area (Å²) in [7, 11) is -2.92. The van der Waals surface area contributed by atoms with E-state index < -0.39 is 7.82 Å². The Labute approximate surface area is 173 Å². The van der Waals surface area contributed by atoms with Gasteiger partial charge in [-0.05, 0) is 20.3 Å². The number of nitrogens with two attached hydrogens (primary N) is 1. The second-order valence-electron chi connectivity index (χ2n) is 6.85. The zero-order valence-electron chi connectivity index (χ0n) is 16.3. The van der Waals surface area contributed by atoms with Crippen molar-refractivity contribution < 1.29 is 23.6 Å². The Morgan fingerprint density at radius 1 is 1.38 bits per heavy atom. The Bertz CT molecular complexity index is 970. The van der Waals surface area contributed by atoms with Crippen molar-refractivity contribution in [1.82, 2.24) is 15.0 Å². The summed E-state index contributed by atoms with van der Waals surface area (Å²) in [6.45, 7) is 4.70. The summed E-state index contributed by atoms with van der Waals surface area (Å²) < 4.78 is 21.0. The molecule has 0 aliphatic carbocycles. The van der Waals surface area contributed by atoms with Gasteiger partial charge in [0.2, 0.25) is 5.95 Å². The fourth-order valence-electron chi connectivity index (χ4n) is 3.58. The van der Waals surface area contributed by atoms with E-state index >= 15 is 0 Å². The van der Waals surface area contributed by atoms with Crippen molar-refractivity contribution in [2.75, 3.05) is 30.9 Å². The third-order valence-electron chi connectivity index (χ3n) is 4.86. The molecule has 0 fully saturated rings. The van der Waals surface area contributed by atoms with Gasteiger partial charge in [0.15, 0.2) is 0 Å². The Morgan fingerprint density at radius 2 is 2.10 bits per heavy atom. The Kier molecular flexibility index (Phi) is 6.30. The van der Waals surface area contributed by atoms with Crippen LogP contribution in [0.15, 0.2) is 6.20 Å². The monoisotopic (exact) mass is 443 g/mol. The fraction of sp³-hybridized carbons (Fsp3) is 0.471. The van der Waals surface area contributed by atoms with Gasteiger partial charge < -0.3 is 25.2 Å². The van der Waals surface area contributed by atoms with Gasteiger partial charge in [0.1, 0.15) is 16.7 Å². The van der Waals surface area contributed by atoms with Crippen molar-refractivity contribution in [3.05, 3.63) is 33.7 Å². The lowest BCUT2D eigenvalue weighted by Gasteiger charge is -2.21. The van der Waals surface area contributed by atoms with E-state index in [0.29, 0.717) is 30.9 Å². The van der Waals surface area contributed by atoms with Gasteiger partial charge in [-0.15, -0.1) is 0 Å². The normalized spacial score (nSPS) is 16.2. The molecule has 0 radical (unpaired) electrons. The van der Waals surface area contributed by atoms with Crippen LogP contribution in [-0.4, -0.2) is 45.0 Å². The average molecular weight is 444 g/mol. The number of halogens is 1. The van der Waals surface area contributed by atoms with Crippen LogP contribution in [0.5, 0.6) is 5.75 Å².